The number of nitrogens with one attached hydrogen (secondary N) is 1. The van der Waals surface area contributed by atoms with Crippen LogP contribution < -0.4 is 5.32 Å². The third-order valence-electron chi connectivity index (χ3n) is 3.06. The highest BCUT2D eigenvalue weighted by Gasteiger charge is 2.10. The zero-order chi connectivity index (χ0) is 14.5. The Balaban J connectivity index is 2.00. The maximum atomic E-state index is 10.8. The second-order valence-corrected chi connectivity index (χ2v) is 5.77. The van der Waals surface area contributed by atoms with E-state index in [9.17, 15) is 10.1 Å². The highest BCUT2D eigenvalue weighted by Crippen LogP contribution is 2.22. The number of halogens is 1. The second-order valence-electron chi connectivity index (χ2n) is 4.36. The zero-order valence-electron chi connectivity index (χ0n) is 11.1. The number of non-ortho nitro benzene ring substituents is 1. The molecule has 0 amide bonds. The van der Waals surface area contributed by atoms with Crippen molar-refractivity contribution in [3.8, 4) is 0 Å². The molecule has 0 bridgehead atoms. The molecule has 1 N–H and O–H groups in total. The van der Waals surface area contributed by atoms with E-state index < -0.39 is 4.92 Å². The predicted molar refractivity (Wildman–Crippen MR) is 82.3 cm³/mol. The molecule has 0 saturated heterocycles. The lowest BCUT2D eigenvalue weighted by molar-refractivity contribution is -0.384. The van der Waals surface area contributed by atoms with E-state index >= 15 is 0 Å². The van der Waals surface area contributed by atoms with Crippen LogP contribution in [-0.4, -0.2) is 4.92 Å². The fraction of sp³-hybridized carbons (Fsp3) is 0.286. The fourth-order valence-corrected chi connectivity index (χ4v) is 3.09. The third-order valence-corrected chi connectivity index (χ3v) is 4.39. The molecule has 2 aromatic rings. The molecule has 4 nitrogen and oxygen atoms in total. The molecule has 0 aliphatic carbocycles. The van der Waals surface area contributed by atoms with Gasteiger partial charge in [-0.05, 0) is 35.1 Å². The van der Waals surface area contributed by atoms with E-state index in [4.69, 9.17) is 11.6 Å². The summed E-state index contributed by atoms with van der Waals surface area (Å²) in [5.74, 6) is 0. The summed E-state index contributed by atoms with van der Waals surface area (Å²) >= 11 is 7.78. The summed E-state index contributed by atoms with van der Waals surface area (Å²) in [6.07, 6.45) is 1.01. The van der Waals surface area contributed by atoms with Crippen LogP contribution in [0.4, 0.5) is 5.69 Å². The van der Waals surface area contributed by atoms with E-state index in [1.54, 1.807) is 17.4 Å². The Morgan fingerprint density at radius 3 is 2.80 bits per heavy atom. The van der Waals surface area contributed by atoms with Crippen LogP contribution in [0.2, 0.25) is 5.02 Å². The van der Waals surface area contributed by atoms with Crippen LogP contribution in [0.15, 0.2) is 29.6 Å². The topological polar surface area (TPSA) is 55.2 Å². The van der Waals surface area contributed by atoms with Crippen molar-refractivity contribution in [2.75, 3.05) is 0 Å². The molecular weight excluding hydrogens is 296 g/mol. The van der Waals surface area contributed by atoms with Crippen LogP contribution in [0.1, 0.15) is 22.9 Å². The molecule has 2 rings (SSSR count). The average Bonchev–Trinajstić information content (AvgIpc) is 2.88. The molecule has 106 valence electrons. The maximum absolute atomic E-state index is 10.8. The van der Waals surface area contributed by atoms with Gasteiger partial charge in [-0.15, -0.1) is 11.3 Å². The van der Waals surface area contributed by atoms with Crippen molar-refractivity contribution in [3.63, 3.8) is 0 Å². The first-order valence-electron chi connectivity index (χ1n) is 6.30. The standard InChI is InChI=1S/C14H15ClN2O2S/c1-2-10-5-6-20-14(10)9-16-8-11-7-12(17(18)19)3-4-13(11)15/h3-7,16H,2,8-9H2,1H3. The van der Waals surface area contributed by atoms with E-state index in [0.717, 1.165) is 18.5 Å². The van der Waals surface area contributed by atoms with E-state index in [0.29, 0.717) is 11.6 Å². The molecule has 0 saturated carbocycles. The zero-order valence-corrected chi connectivity index (χ0v) is 12.6. The number of aryl methyl sites for hydroxylation is 1. The molecule has 1 aromatic heterocycles. The van der Waals surface area contributed by atoms with Crippen LogP contribution in [0, 0.1) is 10.1 Å². The van der Waals surface area contributed by atoms with Gasteiger partial charge >= 0.3 is 0 Å². The van der Waals surface area contributed by atoms with E-state index in [-0.39, 0.29) is 5.69 Å². The van der Waals surface area contributed by atoms with Gasteiger partial charge in [0.05, 0.1) is 4.92 Å². The van der Waals surface area contributed by atoms with Crippen LogP contribution in [-0.2, 0) is 19.5 Å². The highest BCUT2D eigenvalue weighted by molar-refractivity contribution is 7.10. The fourth-order valence-electron chi connectivity index (χ4n) is 1.96. The van der Waals surface area contributed by atoms with Crippen molar-refractivity contribution < 1.29 is 4.92 Å². The van der Waals surface area contributed by atoms with Crippen molar-refractivity contribution in [1.29, 1.82) is 0 Å². The minimum absolute atomic E-state index is 0.0663. The molecule has 0 radical (unpaired) electrons. The number of nitrogens with zero attached hydrogens (tertiary/aromatic N) is 1. The molecule has 1 heterocycles. The van der Waals surface area contributed by atoms with Crippen LogP contribution >= 0.6 is 22.9 Å². The molecular formula is C14H15ClN2O2S. The predicted octanol–water partition coefficient (Wildman–Crippen LogP) is 4.16. The van der Waals surface area contributed by atoms with Crippen LogP contribution in [0.3, 0.4) is 0 Å². The van der Waals surface area contributed by atoms with Gasteiger partial charge in [-0.2, -0.15) is 0 Å². The van der Waals surface area contributed by atoms with Crippen LogP contribution in [0.5, 0.6) is 0 Å². The third kappa shape index (κ3) is 3.56. The number of hydrogen-bond donors (Lipinski definition) is 1. The molecule has 0 atom stereocenters. The molecule has 0 aliphatic heterocycles. The number of hydrogen-bond acceptors (Lipinski definition) is 4. The highest BCUT2D eigenvalue weighted by atomic mass is 35.5. The van der Waals surface area contributed by atoms with E-state index in [1.165, 1.54) is 22.6 Å². The smallest absolute Gasteiger partial charge is 0.269 e. The molecule has 0 unspecified atom stereocenters. The SMILES string of the molecule is CCc1ccsc1CNCc1cc([N+](=O)[O-])ccc1Cl. The largest absolute Gasteiger partial charge is 0.308 e. The van der Waals surface area contributed by atoms with E-state index in [2.05, 4.69) is 23.7 Å². The van der Waals surface area contributed by atoms with Crippen molar-refractivity contribution in [2.45, 2.75) is 26.4 Å². The Morgan fingerprint density at radius 1 is 1.30 bits per heavy atom. The lowest BCUT2D eigenvalue weighted by atomic mass is 10.2. The Kier molecular flexibility index (Phi) is 5.11. The Morgan fingerprint density at radius 2 is 2.10 bits per heavy atom. The summed E-state index contributed by atoms with van der Waals surface area (Å²) in [5, 5.41) is 16.7. The summed E-state index contributed by atoms with van der Waals surface area (Å²) in [5.41, 5.74) is 2.15. The van der Waals surface area contributed by atoms with Gasteiger partial charge in [-0.3, -0.25) is 10.1 Å². The first kappa shape index (κ1) is 15.0. The summed E-state index contributed by atoms with van der Waals surface area (Å²) < 4.78 is 0. The minimum atomic E-state index is -0.408. The van der Waals surface area contributed by atoms with Crippen molar-refractivity contribution in [1.82, 2.24) is 5.32 Å². The first-order valence-corrected chi connectivity index (χ1v) is 7.56. The number of benzene rings is 1. The first-order chi connectivity index (χ1) is 9.61. The van der Waals surface area contributed by atoms with Crippen LogP contribution in [0.25, 0.3) is 0 Å². The van der Waals surface area contributed by atoms with Gasteiger partial charge in [0, 0.05) is 35.1 Å². The maximum Gasteiger partial charge on any atom is 0.269 e. The number of rotatable bonds is 6. The quantitative estimate of drug-likeness (QED) is 0.644. The summed E-state index contributed by atoms with van der Waals surface area (Å²) in [4.78, 5) is 11.6. The van der Waals surface area contributed by atoms with E-state index in [1.807, 2.05) is 0 Å². The molecule has 6 heteroatoms. The number of thiophene rings is 1. The number of nitro groups is 1. The number of nitro benzene ring substituents is 1. The van der Waals surface area contributed by atoms with Crippen molar-refractivity contribution in [3.05, 3.63) is 60.8 Å². The minimum Gasteiger partial charge on any atom is -0.308 e. The Bertz CT molecular complexity index is 613. The van der Waals surface area contributed by atoms with Gasteiger partial charge in [-0.25, -0.2) is 0 Å². The second kappa shape index (κ2) is 6.83. The Hall–Kier alpha value is -1.43. The van der Waals surface area contributed by atoms with Gasteiger partial charge in [-0.1, -0.05) is 18.5 Å². The molecule has 0 spiro atoms. The summed E-state index contributed by atoms with van der Waals surface area (Å²) in [6, 6.07) is 6.63. The van der Waals surface area contributed by atoms with Gasteiger partial charge in [0.15, 0.2) is 0 Å². The monoisotopic (exact) mass is 310 g/mol. The van der Waals surface area contributed by atoms with Gasteiger partial charge < -0.3 is 5.32 Å². The van der Waals surface area contributed by atoms with Gasteiger partial charge in [0.2, 0.25) is 0 Å². The average molecular weight is 311 g/mol. The summed E-state index contributed by atoms with van der Waals surface area (Å²) in [6.45, 7) is 3.39. The molecule has 0 aliphatic rings. The van der Waals surface area contributed by atoms with Crippen molar-refractivity contribution >= 4 is 28.6 Å². The molecule has 20 heavy (non-hydrogen) atoms. The van der Waals surface area contributed by atoms with Gasteiger partial charge in [0.1, 0.15) is 0 Å². The summed E-state index contributed by atoms with van der Waals surface area (Å²) in [7, 11) is 0. The van der Waals surface area contributed by atoms with Crippen molar-refractivity contribution in [2.24, 2.45) is 0 Å². The Labute approximate surface area is 126 Å². The molecule has 0 fully saturated rings. The van der Waals surface area contributed by atoms with Gasteiger partial charge in [0.25, 0.3) is 5.69 Å². The normalized spacial score (nSPS) is 10.7. The lowest BCUT2D eigenvalue weighted by Crippen LogP contribution is -2.13. The lowest BCUT2D eigenvalue weighted by Gasteiger charge is -2.07. The molecule has 1 aromatic carbocycles.